The first-order chi connectivity index (χ1) is 16.9. The molecule has 8 heteroatoms. The van der Waals surface area contributed by atoms with E-state index in [-0.39, 0.29) is 35.6 Å². The van der Waals surface area contributed by atoms with Crippen LogP contribution in [0, 0.1) is 5.41 Å². The number of imide groups is 1. The summed E-state index contributed by atoms with van der Waals surface area (Å²) in [5.41, 5.74) is 3.93. The van der Waals surface area contributed by atoms with Crippen LogP contribution in [0.25, 0.3) is 0 Å². The van der Waals surface area contributed by atoms with Gasteiger partial charge < -0.3 is 15.0 Å². The van der Waals surface area contributed by atoms with Crippen LogP contribution >= 0.6 is 0 Å². The summed E-state index contributed by atoms with van der Waals surface area (Å²) < 4.78 is 5.52. The van der Waals surface area contributed by atoms with Gasteiger partial charge in [-0.25, -0.2) is 4.79 Å². The molecule has 1 unspecified atom stereocenters. The maximum atomic E-state index is 12.9. The zero-order valence-electron chi connectivity index (χ0n) is 19.3. The first-order valence-electron chi connectivity index (χ1n) is 12.1. The molecule has 0 aromatic heterocycles. The molecule has 1 saturated heterocycles. The maximum Gasteiger partial charge on any atom is 0.407 e. The fourth-order valence-electron chi connectivity index (χ4n) is 6.40. The molecule has 4 amide bonds. The molecule has 180 valence electrons. The number of ether oxygens (including phenoxy) is 1. The molecule has 0 spiro atoms. The van der Waals surface area contributed by atoms with Crippen LogP contribution in [0.5, 0.6) is 0 Å². The van der Waals surface area contributed by atoms with Gasteiger partial charge in [0.15, 0.2) is 0 Å². The van der Waals surface area contributed by atoms with Crippen LogP contribution in [0.3, 0.4) is 0 Å². The monoisotopic (exact) mass is 473 g/mol. The van der Waals surface area contributed by atoms with E-state index in [1.165, 1.54) is 10.5 Å². The summed E-state index contributed by atoms with van der Waals surface area (Å²) in [6.07, 6.45) is 3.29. The minimum Gasteiger partial charge on any atom is -0.449 e. The summed E-state index contributed by atoms with van der Waals surface area (Å²) in [6.45, 7) is 1.01. The van der Waals surface area contributed by atoms with E-state index >= 15 is 0 Å². The molecule has 1 atom stereocenters. The van der Waals surface area contributed by atoms with Gasteiger partial charge in [0.1, 0.15) is 6.04 Å². The van der Waals surface area contributed by atoms with Crippen molar-refractivity contribution in [2.24, 2.45) is 5.41 Å². The summed E-state index contributed by atoms with van der Waals surface area (Å²) in [7, 11) is 0. The van der Waals surface area contributed by atoms with Crippen LogP contribution in [0.1, 0.15) is 59.2 Å². The van der Waals surface area contributed by atoms with Crippen molar-refractivity contribution in [3.05, 3.63) is 70.8 Å². The summed E-state index contributed by atoms with van der Waals surface area (Å²) in [5.74, 6) is -0.958. The third-order valence-electron chi connectivity index (χ3n) is 8.07. The second kappa shape index (κ2) is 7.93. The zero-order valence-corrected chi connectivity index (χ0v) is 19.3. The number of carbonyl (C=O) groups is 4. The van der Waals surface area contributed by atoms with Crippen LogP contribution < -0.4 is 10.6 Å². The largest absolute Gasteiger partial charge is 0.449 e. The SMILES string of the molecule is O=C1CCC(N2Cc3ccc(CNC(=O)OCC45CC(c6ccccc6)(C4)C5)cc3C2=O)C(=O)N1. The molecule has 8 nitrogen and oxygen atoms in total. The van der Waals surface area contributed by atoms with Crippen molar-refractivity contribution in [2.45, 2.75) is 56.7 Å². The Morgan fingerprint density at radius 2 is 1.86 bits per heavy atom. The van der Waals surface area contributed by atoms with E-state index in [0.717, 1.165) is 30.4 Å². The Bertz CT molecular complexity index is 1220. The summed E-state index contributed by atoms with van der Waals surface area (Å²) in [6, 6.07) is 15.4. The number of piperidine rings is 1. The van der Waals surface area contributed by atoms with Crippen molar-refractivity contribution in [2.75, 3.05) is 6.61 Å². The van der Waals surface area contributed by atoms with Crippen molar-refractivity contribution in [3.63, 3.8) is 0 Å². The lowest BCUT2D eigenvalue weighted by molar-refractivity contribution is -0.168. The van der Waals surface area contributed by atoms with Crippen LogP contribution in [0.15, 0.2) is 48.5 Å². The fourth-order valence-corrected chi connectivity index (χ4v) is 6.40. The van der Waals surface area contributed by atoms with Crippen LogP contribution in [0.4, 0.5) is 4.79 Å². The van der Waals surface area contributed by atoms with E-state index in [1.54, 1.807) is 6.07 Å². The minimum absolute atomic E-state index is 0.118. The van der Waals surface area contributed by atoms with Gasteiger partial charge in [-0.1, -0.05) is 42.5 Å². The molecule has 0 radical (unpaired) electrons. The van der Waals surface area contributed by atoms with Crippen molar-refractivity contribution >= 4 is 23.8 Å². The van der Waals surface area contributed by atoms with Crippen molar-refractivity contribution in [1.82, 2.24) is 15.5 Å². The third-order valence-corrected chi connectivity index (χ3v) is 8.07. The molecule has 2 heterocycles. The zero-order chi connectivity index (χ0) is 24.2. The first kappa shape index (κ1) is 21.8. The number of hydrogen-bond donors (Lipinski definition) is 2. The normalized spacial score (nSPS) is 28.5. The summed E-state index contributed by atoms with van der Waals surface area (Å²) in [4.78, 5) is 50.4. The van der Waals surface area contributed by atoms with Crippen molar-refractivity contribution in [3.8, 4) is 0 Å². The van der Waals surface area contributed by atoms with Gasteiger partial charge in [-0.05, 0) is 53.9 Å². The highest BCUT2D eigenvalue weighted by Crippen LogP contribution is 2.73. The van der Waals surface area contributed by atoms with E-state index in [4.69, 9.17) is 4.74 Å². The smallest absolute Gasteiger partial charge is 0.407 e. The number of fused-ring (bicyclic) bond motifs is 1. The number of amides is 4. The standard InChI is InChI=1S/C27H27N3O5/c31-22-9-8-21(23(32)29-22)30-12-18-7-6-17(10-20(18)24(30)33)11-28-25(34)35-16-26-13-27(14-26,15-26)19-4-2-1-3-5-19/h1-7,10,21H,8-9,11-16H2,(H,28,34)(H,29,31,32). The Morgan fingerprint density at radius 1 is 1.09 bits per heavy atom. The van der Waals surface area contributed by atoms with E-state index < -0.39 is 18.0 Å². The number of hydrogen-bond acceptors (Lipinski definition) is 5. The van der Waals surface area contributed by atoms with Gasteiger partial charge in [-0.3, -0.25) is 19.7 Å². The molecular formula is C27H27N3O5. The predicted molar refractivity (Wildman–Crippen MR) is 125 cm³/mol. The van der Waals surface area contributed by atoms with Gasteiger partial charge in [0.2, 0.25) is 11.8 Å². The van der Waals surface area contributed by atoms with Gasteiger partial charge in [0.05, 0.1) is 6.61 Å². The number of nitrogens with one attached hydrogen (secondary N) is 2. The highest BCUT2D eigenvalue weighted by Gasteiger charge is 2.68. The lowest BCUT2D eigenvalue weighted by Gasteiger charge is -2.70. The Hall–Kier alpha value is -3.68. The molecule has 4 fully saturated rings. The van der Waals surface area contributed by atoms with Crippen LogP contribution in [-0.2, 0) is 32.8 Å². The molecule has 2 aliphatic heterocycles. The van der Waals surface area contributed by atoms with Gasteiger partial charge >= 0.3 is 6.09 Å². The maximum absolute atomic E-state index is 12.9. The van der Waals surface area contributed by atoms with E-state index in [1.807, 2.05) is 18.2 Å². The molecule has 2 aromatic carbocycles. The molecule has 5 aliphatic rings. The number of alkyl carbamates (subject to hydrolysis) is 1. The van der Waals surface area contributed by atoms with E-state index in [0.29, 0.717) is 25.1 Å². The second-order valence-corrected chi connectivity index (χ2v) is 10.5. The molecule has 7 rings (SSSR count). The molecule has 3 aliphatic carbocycles. The minimum atomic E-state index is -0.637. The first-order valence-corrected chi connectivity index (χ1v) is 12.1. The number of rotatable bonds is 6. The van der Waals surface area contributed by atoms with Gasteiger partial charge in [0, 0.05) is 30.5 Å². The molecule has 35 heavy (non-hydrogen) atoms. The lowest BCUT2D eigenvalue weighted by Crippen LogP contribution is -2.66. The molecular weight excluding hydrogens is 446 g/mol. The Kier molecular flexibility index (Phi) is 4.95. The molecule has 2 bridgehead atoms. The van der Waals surface area contributed by atoms with Crippen LogP contribution in [-0.4, -0.2) is 41.4 Å². The number of carbonyl (C=O) groups excluding carboxylic acids is 4. The van der Waals surface area contributed by atoms with E-state index in [9.17, 15) is 19.2 Å². The Labute approximate surface area is 203 Å². The van der Waals surface area contributed by atoms with Crippen molar-refractivity contribution < 1.29 is 23.9 Å². The van der Waals surface area contributed by atoms with Gasteiger partial charge in [0.25, 0.3) is 5.91 Å². The Morgan fingerprint density at radius 3 is 2.60 bits per heavy atom. The second-order valence-electron chi connectivity index (χ2n) is 10.5. The molecule has 3 saturated carbocycles. The van der Waals surface area contributed by atoms with Gasteiger partial charge in [-0.2, -0.15) is 0 Å². The average Bonchev–Trinajstić information content (AvgIpc) is 3.12. The summed E-state index contributed by atoms with van der Waals surface area (Å²) >= 11 is 0. The quantitative estimate of drug-likeness (QED) is 0.628. The average molecular weight is 474 g/mol. The lowest BCUT2D eigenvalue weighted by atomic mass is 9.34. The molecule has 2 N–H and O–H groups in total. The van der Waals surface area contributed by atoms with Crippen molar-refractivity contribution in [1.29, 1.82) is 0 Å². The number of nitrogens with zero attached hydrogens (tertiary/aromatic N) is 1. The van der Waals surface area contributed by atoms with E-state index in [2.05, 4.69) is 34.9 Å². The van der Waals surface area contributed by atoms with Crippen LogP contribution in [0.2, 0.25) is 0 Å². The predicted octanol–water partition coefficient (Wildman–Crippen LogP) is 2.80. The highest BCUT2D eigenvalue weighted by atomic mass is 16.5. The molecule has 2 aromatic rings. The highest BCUT2D eigenvalue weighted by molar-refractivity contribution is 6.05. The third kappa shape index (κ3) is 3.68. The Balaban J connectivity index is 0.998. The topological polar surface area (TPSA) is 105 Å². The summed E-state index contributed by atoms with van der Waals surface area (Å²) in [5, 5.41) is 5.09. The number of benzene rings is 2. The van der Waals surface area contributed by atoms with Gasteiger partial charge in [-0.15, -0.1) is 0 Å². The fraction of sp³-hybridized carbons (Fsp3) is 0.407.